The minimum Gasteiger partial charge on any atom is -0.482 e. The van der Waals surface area contributed by atoms with Crippen molar-refractivity contribution in [1.82, 2.24) is 9.31 Å². The molecule has 0 aliphatic heterocycles. The van der Waals surface area contributed by atoms with E-state index in [0.717, 1.165) is 0 Å². The van der Waals surface area contributed by atoms with Crippen LogP contribution in [0.4, 0.5) is 0 Å². The lowest BCUT2D eigenvalue weighted by atomic mass is 10.3. The van der Waals surface area contributed by atoms with Crippen molar-refractivity contribution in [2.75, 3.05) is 6.61 Å². The molecule has 0 aliphatic rings. The van der Waals surface area contributed by atoms with Crippen molar-refractivity contribution in [3.8, 4) is 5.75 Å². The summed E-state index contributed by atoms with van der Waals surface area (Å²) in [4.78, 5) is 34.2. The fraction of sp³-hybridized carbons (Fsp3) is 0.182. The Morgan fingerprint density at radius 2 is 2.05 bits per heavy atom. The summed E-state index contributed by atoms with van der Waals surface area (Å²) in [7, 11) is 1.19. The first kappa shape index (κ1) is 14.4. The van der Waals surface area contributed by atoms with Crippen LogP contribution in [-0.2, 0) is 7.05 Å². The molecule has 1 heterocycles. The summed E-state index contributed by atoms with van der Waals surface area (Å²) >= 11 is 11.6. The second-order valence-corrected chi connectivity index (χ2v) is 4.59. The third kappa shape index (κ3) is 2.78. The molecule has 20 heavy (non-hydrogen) atoms. The van der Waals surface area contributed by atoms with E-state index in [1.165, 1.54) is 25.2 Å². The number of hydrogen-bond donors (Lipinski definition) is 0. The van der Waals surface area contributed by atoms with Gasteiger partial charge in [-0.2, -0.15) is 0 Å². The number of ether oxygens (including phenoxy) is 1. The van der Waals surface area contributed by atoms with Crippen molar-refractivity contribution in [1.29, 1.82) is 0 Å². The second-order valence-electron chi connectivity index (χ2n) is 3.75. The molecule has 0 aliphatic carbocycles. The van der Waals surface area contributed by atoms with Gasteiger partial charge in [0.2, 0.25) is 0 Å². The minimum atomic E-state index is -0.937. The van der Waals surface area contributed by atoms with Gasteiger partial charge in [0.1, 0.15) is 5.75 Å². The average Bonchev–Trinajstić information content (AvgIpc) is 2.65. The standard InChI is InChI=1S/C11H8Cl2N2O5/c1-14-10(17)15(20-11(14)18)9(16)5-19-8-3-2-6(12)4-7(8)13/h2-4H,5H2,1H3. The van der Waals surface area contributed by atoms with E-state index in [4.69, 9.17) is 27.9 Å². The van der Waals surface area contributed by atoms with Crippen molar-refractivity contribution in [2.24, 2.45) is 7.05 Å². The molecule has 0 spiro atoms. The zero-order chi connectivity index (χ0) is 14.9. The van der Waals surface area contributed by atoms with Crippen molar-refractivity contribution >= 4 is 29.1 Å². The summed E-state index contributed by atoms with van der Waals surface area (Å²) in [6, 6.07) is 4.45. The van der Waals surface area contributed by atoms with E-state index in [9.17, 15) is 14.4 Å². The van der Waals surface area contributed by atoms with Gasteiger partial charge in [-0.3, -0.25) is 4.79 Å². The highest BCUT2D eigenvalue weighted by molar-refractivity contribution is 6.35. The summed E-state index contributed by atoms with van der Waals surface area (Å²) in [5.41, 5.74) is -0.884. The lowest BCUT2D eigenvalue weighted by molar-refractivity contribution is 0.0699. The molecule has 0 saturated carbocycles. The Kier molecular flexibility index (Phi) is 4.01. The van der Waals surface area contributed by atoms with Crippen LogP contribution in [0.5, 0.6) is 5.75 Å². The van der Waals surface area contributed by atoms with Crippen LogP contribution in [0.15, 0.2) is 32.3 Å². The number of carbonyl (C=O) groups is 1. The molecule has 0 atom stereocenters. The SMILES string of the molecule is Cn1c(=O)on(C(=O)COc2ccc(Cl)cc2Cl)c1=O. The molecule has 2 aromatic rings. The highest BCUT2D eigenvalue weighted by atomic mass is 35.5. The maximum atomic E-state index is 11.7. The van der Waals surface area contributed by atoms with Gasteiger partial charge >= 0.3 is 17.4 Å². The molecule has 2 rings (SSSR count). The summed E-state index contributed by atoms with van der Waals surface area (Å²) in [5, 5.41) is 0.631. The highest BCUT2D eigenvalue weighted by Crippen LogP contribution is 2.27. The Bertz CT molecular complexity index is 774. The van der Waals surface area contributed by atoms with Gasteiger partial charge in [0.05, 0.1) is 5.02 Å². The fourth-order valence-electron chi connectivity index (χ4n) is 1.34. The molecule has 1 aromatic carbocycles. The van der Waals surface area contributed by atoms with Crippen molar-refractivity contribution in [3.63, 3.8) is 0 Å². The number of nitrogens with zero attached hydrogens (tertiary/aromatic N) is 2. The fourth-order valence-corrected chi connectivity index (χ4v) is 1.80. The summed E-state index contributed by atoms with van der Waals surface area (Å²) in [6.45, 7) is -0.520. The zero-order valence-electron chi connectivity index (χ0n) is 10.1. The number of aromatic nitrogens is 2. The van der Waals surface area contributed by atoms with E-state index in [0.29, 0.717) is 14.3 Å². The average molecular weight is 319 g/mol. The Labute approximate surface area is 121 Å². The monoisotopic (exact) mass is 318 g/mol. The number of halogens is 2. The number of benzene rings is 1. The largest absolute Gasteiger partial charge is 0.482 e. The zero-order valence-corrected chi connectivity index (χ0v) is 11.6. The Balaban J connectivity index is 2.15. The van der Waals surface area contributed by atoms with Gasteiger partial charge in [0, 0.05) is 12.1 Å². The van der Waals surface area contributed by atoms with Gasteiger partial charge in [-0.1, -0.05) is 27.9 Å². The normalized spacial score (nSPS) is 10.6. The third-order valence-corrected chi connectivity index (χ3v) is 2.91. The predicted octanol–water partition coefficient (Wildman–Crippen LogP) is 1.17. The van der Waals surface area contributed by atoms with Crippen LogP contribution in [0.3, 0.4) is 0 Å². The maximum absolute atomic E-state index is 11.7. The van der Waals surface area contributed by atoms with Gasteiger partial charge in [0.15, 0.2) is 6.61 Å². The van der Waals surface area contributed by atoms with Crippen LogP contribution >= 0.6 is 23.2 Å². The van der Waals surface area contributed by atoms with Crippen LogP contribution < -0.4 is 16.2 Å². The molecule has 0 saturated heterocycles. The highest BCUT2D eigenvalue weighted by Gasteiger charge is 2.16. The predicted molar refractivity (Wildman–Crippen MR) is 70.8 cm³/mol. The van der Waals surface area contributed by atoms with Gasteiger partial charge < -0.3 is 9.26 Å². The Hall–Kier alpha value is -1.99. The number of hydrogen-bond acceptors (Lipinski definition) is 5. The molecule has 0 bridgehead atoms. The van der Waals surface area contributed by atoms with E-state index in [1.807, 2.05) is 0 Å². The first-order valence-electron chi connectivity index (χ1n) is 5.30. The molecular weight excluding hydrogens is 311 g/mol. The molecule has 0 N–H and O–H groups in total. The first-order valence-corrected chi connectivity index (χ1v) is 6.06. The van der Waals surface area contributed by atoms with Gasteiger partial charge in [-0.15, -0.1) is 0 Å². The van der Waals surface area contributed by atoms with Crippen LogP contribution in [-0.4, -0.2) is 21.8 Å². The van der Waals surface area contributed by atoms with Crippen molar-refractivity contribution in [2.45, 2.75) is 0 Å². The van der Waals surface area contributed by atoms with Crippen LogP contribution in [0.25, 0.3) is 0 Å². The smallest absolute Gasteiger partial charge is 0.442 e. The molecule has 106 valence electrons. The molecule has 0 unspecified atom stereocenters. The Morgan fingerprint density at radius 3 is 2.60 bits per heavy atom. The van der Waals surface area contributed by atoms with Crippen LogP contribution in [0.2, 0.25) is 10.0 Å². The van der Waals surface area contributed by atoms with Crippen LogP contribution in [0, 0.1) is 0 Å². The van der Waals surface area contributed by atoms with Crippen molar-refractivity contribution < 1.29 is 14.1 Å². The third-order valence-electron chi connectivity index (χ3n) is 2.38. The van der Waals surface area contributed by atoms with Crippen LogP contribution in [0.1, 0.15) is 4.79 Å². The van der Waals surface area contributed by atoms with E-state index in [2.05, 4.69) is 4.52 Å². The molecule has 1 aromatic heterocycles. The molecular formula is C11H8Cl2N2O5. The molecule has 0 fully saturated rings. The second kappa shape index (κ2) is 5.56. The minimum absolute atomic E-state index is 0.215. The topological polar surface area (TPSA) is 83.4 Å². The van der Waals surface area contributed by atoms with Gasteiger partial charge in [-0.25, -0.2) is 14.2 Å². The van der Waals surface area contributed by atoms with Gasteiger partial charge in [0.25, 0.3) is 0 Å². The van der Waals surface area contributed by atoms with E-state index >= 15 is 0 Å². The Morgan fingerprint density at radius 1 is 1.35 bits per heavy atom. The molecule has 0 amide bonds. The molecule has 7 nitrogen and oxygen atoms in total. The van der Waals surface area contributed by atoms with E-state index < -0.39 is 24.0 Å². The maximum Gasteiger partial charge on any atom is 0.442 e. The van der Waals surface area contributed by atoms with Crippen molar-refractivity contribution in [3.05, 3.63) is 49.3 Å². The van der Waals surface area contributed by atoms with E-state index in [1.54, 1.807) is 0 Å². The lowest BCUT2D eigenvalue weighted by Gasteiger charge is -2.06. The number of carbonyl (C=O) groups excluding carboxylic acids is 1. The summed E-state index contributed by atoms with van der Waals surface area (Å²) in [6.07, 6.45) is 0. The lowest BCUT2D eigenvalue weighted by Crippen LogP contribution is -2.31. The summed E-state index contributed by atoms with van der Waals surface area (Å²) < 4.78 is 10.6. The number of rotatable bonds is 3. The molecule has 9 heteroatoms. The van der Waals surface area contributed by atoms with Gasteiger partial charge in [-0.05, 0) is 18.2 Å². The quantitative estimate of drug-likeness (QED) is 0.848. The molecule has 0 radical (unpaired) electrons. The van der Waals surface area contributed by atoms with E-state index in [-0.39, 0.29) is 10.8 Å². The summed E-state index contributed by atoms with van der Waals surface area (Å²) in [5.74, 6) is -1.55. The first-order chi connectivity index (χ1) is 9.40.